The van der Waals surface area contributed by atoms with Crippen LogP contribution in [0.25, 0.3) is 10.8 Å². The largest absolute Gasteiger partial charge is 0.508 e. The van der Waals surface area contributed by atoms with Crippen LogP contribution in [0, 0.1) is 0 Å². The fourth-order valence-electron chi connectivity index (χ4n) is 2.86. The van der Waals surface area contributed by atoms with Crippen molar-refractivity contribution in [1.29, 1.82) is 0 Å². The van der Waals surface area contributed by atoms with Gasteiger partial charge in [-0.15, -0.1) is 0 Å². The van der Waals surface area contributed by atoms with E-state index >= 15 is 0 Å². The van der Waals surface area contributed by atoms with Crippen molar-refractivity contribution in [2.45, 2.75) is 35.9 Å². The summed E-state index contributed by atoms with van der Waals surface area (Å²) in [6, 6.07) is -0.586. The van der Waals surface area contributed by atoms with Crippen molar-refractivity contribution in [1.82, 2.24) is 0 Å². The summed E-state index contributed by atoms with van der Waals surface area (Å²) in [6.45, 7) is 0. The van der Waals surface area contributed by atoms with E-state index in [1.807, 2.05) is 0 Å². The summed E-state index contributed by atoms with van der Waals surface area (Å²) < 4.78 is 156. The van der Waals surface area contributed by atoms with E-state index in [0.29, 0.717) is 0 Å². The van der Waals surface area contributed by atoms with Crippen LogP contribution in [0.5, 0.6) is 11.5 Å². The first-order valence-electron chi connectivity index (χ1n) is 7.73. The second-order valence-corrected chi connectivity index (χ2v) is 6.46. The van der Waals surface area contributed by atoms with Crippen LogP contribution in [0.4, 0.5) is 52.7 Å². The van der Waals surface area contributed by atoms with Gasteiger partial charge in [0.25, 0.3) is 11.2 Å². The Kier molecular flexibility index (Phi) is 5.56. The van der Waals surface area contributed by atoms with Gasteiger partial charge in [-0.1, -0.05) is 12.1 Å². The fraction of sp³-hybridized carbons (Fsp3) is 0.375. The van der Waals surface area contributed by atoms with Gasteiger partial charge in [-0.25, -0.2) is 0 Å². The molecule has 0 aliphatic heterocycles. The van der Waals surface area contributed by atoms with Crippen LogP contribution in [0.2, 0.25) is 0 Å². The molecule has 0 unspecified atom stereocenters. The highest BCUT2D eigenvalue weighted by molar-refractivity contribution is 5.92. The van der Waals surface area contributed by atoms with Crippen molar-refractivity contribution < 1.29 is 73.1 Å². The minimum atomic E-state index is -6.48. The van der Waals surface area contributed by atoms with E-state index in [4.69, 9.17) is 0 Å². The SMILES string of the molecule is Oc1cc2c(O)c(C(O)(C(F)(F)F)C(F)(F)F)ccc2cc1C(O)(C(F)(F)F)C(F)(F)F. The van der Waals surface area contributed by atoms with Gasteiger partial charge in [-0.2, -0.15) is 52.7 Å². The standard InChI is InChI=1S/C16H8F12O4/c17-13(18,19)11(31,14(20,21)22)7-2-1-5-3-8(9(29)4-6(5)10(7)30)12(32,15(23,24)25)16(26,27)28/h1-4,29-32H. The summed E-state index contributed by atoms with van der Waals surface area (Å²) in [7, 11) is 0. The molecule has 4 N–H and O–H groups in total. The Hall–Kier alpha value is -2.62. The highest BCUT2D eigenvalue weighted by Gasteiger charge is 2.73. The Bertz CT molecular complexity index is 969. The number of fused-ring (bicyclic) bond motifs is 1. The summed E-state index contributed by atoms with van der Waals surface area (Å²) in [6.07, 6.45) is -25.9. The summed E-state index contributed by atoms with van der Waals surface area (Å²) in [5.74, 6) is -4.13. The smallest absolute Gasteiger partial charge is 0.430 e. The number of alkyl halides is 12. The van der Waals surface area contributed by atoms with Crippen molar-refractivity contribution in [3.8, 4) is 11.5 Å². The first-order valence-corrected chi connectivity index (χ1v) is 7.73. The molecule has 16 heteroatoms. The molecule has 4 nitrogen and oxygen atoms in total. The molecular weight excluding hydrogens is 484 g/mol. The van der Waals surface area contributed by atoms with Crippen molar-refractivity contribution in [3.63, 3.8) is 0 Å². The van der Waals surface area contributed by atoms with Gasteiger partial charge in [0.15, 0.2) is 0 Å². The van der Waals surface area contributed by atoms with Crippen LogP contribution in [-0.4, -0.2) is 45.1 Å². The Labute approximate surface area is 167 Å². The molecule has 0 fully saturated rings. The summed E-state index contributed by atoms with van der Waals surface area (Å²) in [4.78, 5) is 0. The maximum atomic E-state index is 13.0. The van der Waals surface area contributed by atoms with Gasteiger partial charge in [-0.05, 0) is 17.5 Å². The summed E-state index contributed by atoms with van der Waals surface area (Å²) in [5.41, 5.74) is -15.9. The molecule has 180 valence electrons. The number of hydrogen-bond acceptors (Lipinski definition) is 4. The number of phenolic OH excluding ortho intramolecular Hbond substituents is 2. The molecule has 2 rings (SSSR count). The molecule has 0 saturated heterocycles. The van der Waals surface area contributed by atoms with E-state index in [1.165, 1.54) is 0 Å². The van der Waals surface area contributed by atoms with E-state index in [-0.39, 0.29) is 24.3 Å². The molecular formula is C16H8F12O4. The average Bonchev–Trinajstić information content (AvgIpc) is 2.57. The first kappa shape index (κ1) is 25.6. The van der Waals surface area contributed by atoms with Crippen LogP contribution in [-0.2, 0) is 11.2 Å². The topological polar surface area (TPSA) is 80.9 Å². The Morgan fingerprint density at radius 2 is 0.906 bits per heavy atom. The minimum absolute atomic E-state index is 0.114. The Balaban J connectivity index is 2.92. The van der Waals surface area contributed by atoms with Gasteiger partial charge < -0.3 is 20.4 Å². The number of aromatic hydroxyl groups is 2. The molecule has 0 aromatic heterocycles. The molecule has 32 heavy (non-hydrogen) atoms. The minimum Gasteiger partial charge on any atom is -0.508 e. The maximum Gasteiger partial charge on any atom is 0.430 e. The molecule has 0 radical (unpaired) electrons. The zero-order chi connectivity index (χ0) is 25.3. The van der Waals surface area contributed by atoms with Crippen molar-refractivity contribution in [3.05, 3.63) is 35.4 Å². The van der Waals surface area contributed by atoms with Gasteiger partial charge >= 0.3 is 24.7 Å². The lowest BCUT2D eigenvalue weighted by Gasteiger charge is -2.34. The Morgan fingerprint density at radius 3 is 1.28 bits per heavy atom. The highest BCUT2D eigenvalue weighted by Crippen LogP contribution is 2.56. The number of hydrogen-bond donors (Lipinski definition) is 4. The molecule has 2 aromatic carbocycles. The van der Waals surface area contributed by atoms with Gasteiger partial charge in [0, 0.05) is 16.5 Å². The second kappa shape index (κ2) is 6.94. The van der Waals surface area contributed by atoms with Crippen LogP contribution >= 0.6 is 0 Å². The molecule has 0 aliphatic carbocycles. The summed E-state index contributed by atoms with van der Waals surface area (Å²) in [5, 5.41) is 35.9. The molecule has 2 aromatic rings. The third-order valence-corrected chi connectivity index (χ3v) is 4.53. The normalized spacial score (nSPS) is 14.8. The van der Waals surface area contributed by atoms with Crippen molar-refractivity contribution >= 4 is 10.8 Å². The predicted octanol–water partition coefficient (Wildman–Crippen LogP) is 4.88. The quantitative estimate of drug-likeness (QED) is 0.451. The first-order chi connectivity index (χ1) is 14.0. The van der Waals surface area contributed by atoms with Crippen LogP contribution in [0.1, 0.15) is 11.1 Å². The average molecular weight is 492 g/mol. The van der Waals surface area contributed by atoms with E-state index in [9.17, 15) is 73.1 Å². The number of phenols is 2. The van der Waals surface area contributed by atoms with Crippen molar-refractivity contribution in [2.24, 2.45) is 0 Å². The molecule has 0 bridgehead atoms. The second-order valence-electron chi connectivity index (χ2n) is 6.46. The number of aliphatic hydroxyl groups is 2. The molecule has 0 spiro atoms. The molecule has 0 amide bonds. The highest BCUT2D eigenvalue weighted by atomic mass is 19.4. The lowest BCUT2D eigenvalue weighted by Crippen LogP contribution is -2.54. The zero-order valence-corrected chi connectivity index (χ0v) is 14.6. The van der Waals surface area contributed by atoms with Crippen LogP contribution in [0.15, 0.2) is 24.3 Å². The van der Waals surface area contributed by atoms with E-state index in [0.717, 1.165) is 0 Å². The lowest BCUT2D eigenvalue weighted by atomic mass is 9.86. The number of halogens is 12. The van der Waals surface area contributed by atoms with Crippen LogP contribution in [0.3, 0.4) is 0 Å². The molecule has 0 saturated carbocycles. The maximum absolute atomic E-state index is 13.0. The number of rotatable bonds is 2. The third-order valence-electron chi connectivity index (χ3n) is 4.53. The monoisotopic (exact) mass is 492 g/mol. The van der Waals surface area contributed by atoms with E-state index in [2.05, 4.69) is 0 Å². The predicted molar refractivity (Wildman–Crippen MR) is 79.3 cm³/mol. The Morgan fingerprint density at radius 1 is 0.531 bits per heavy atom. The summed E-state index contributed by atoms with van der Waals surface area (Å²) >= 11 is 0. The third kappa shape index (κ3) is 3.44. The van der Waals surface area contributed by atoms with Gasteiger partial charge in [0.1, 0.15) is 11.5 Å². The number of benzene rings is 2. The van der Waals surface area contributed by atoms with Gasteiger partial charge in [-0.3, -0.25) is 0 Å². The van der Waals surface area contributed by atoms with Crippen LogP contribution < -0.4 is 0 Å². The van der Waals surface area contributed by atoms with Crippen molar-refractivity contribution in [2.75, 3.05) is 0 Å². The van der Waals surface area contributed by atoms with Gasteiger partial charge in [0.2, 0.25) is 0 Å². The molecule has 0 aliphatic rings. The van der Waals surface area contributed by atoms with Gasteiger partial charge in [0.05, 0.1) is 0 Å². The zero-order valence-electron chi connectivity index (χ0n) is 14.6. The molecule has 0 heterocycles. The lowest BCUT2D eigenvalue weighted by molar-refractivity contribution is -0.377. The van der Waals surface area contributed by atoms with E-state index in [1.54, 1.807) is 0 Å². The molecule has 0 atom stereocenters. The fourth-order valence-corrected chi connectivity index (χ4v) is 2.86. The van der Waals surface area contributed by atoms with E-state index < -0.39 is 69.3 Å².